The zero-order valence-corrected chi connectivity index (χ0v) is 19.2. The van der Waals surface area contributed by atoms with Crippen molar-refractivity contribution in [3.63, 3.8) is 0 Å². The highest BCUT2D eigenvalue weighted by atomic mass is 16.5. The molecule has 2 aliphatic rings. The van der Waals surface area contributed by atoms with Crippen LogP contribution in [0.5, 0.6) is 5.75 Å². The third kappa shape index (κ3) is 5.43. The van der Waals surface area contributed by atoms with Gasteiger partial charge in [-0.1, -0.05) is 36.4 Å². The molecular weight excluding hydrogens is 402 g/mol. The van der Waals surface area contributed by atoms with Crippen molar-refractivity contribution in [3.05, 3.63) is 64.7 Å². The van der Waals surface area contributed by atoms with Crippen LogP contribution in [0.1, 0.15) is 42.0 Å². The van der Waals surface area contributed by atoms with Crippen molar-refractivity contribution in [2.45, 2.75) is 45.3 Å². The van der Waals surface area contributed by atoms with Gasteiger partial charge in [0.05, 0.1) is 26.3 Å². The molecule has 2 aromatic rings. The molecule has 1 aliphatic heterocycles. The third-order valence-corrected chi connectivity index (χ3v) is 6.35. The summed E-state index contributed by atoms with van der Waals surface area (Å²) in [6, 6.07) is 14.4. The zero-order chi connectivity index (χ0) is 22.4. The molecule has 172 valence electrons. The van der Waals surface area contributed by atoms with Gasteiger partial charge in [-0.25, -0.2) is 4.99 Å². The summed E-state index contributed by atoms with van der Waals surface area (Å²) in [6.45, 7) is 8.07. The molecule has 2 atom stereocenters. The lowest BCUT2D eigenvalue weighted by molar-refractivity contribution is 0.0432. The van der Waals surface area contributed by atoms with E-state index in [0.29, 0.717) is 31.6 Å². The fourth-order valence-electron chi connectivity index (χ4n) is 4.44. The van der Waals surface area contributed by atoms with Crippen molar-refractivity contribution >= 4 is 5.96 Å². The first-order valence-electron chi connectivity index (χ1n) is 11.7. The van der Waals surface area contributed by atoms with E-state index < -0.39 is 5.60 Å². The second-order valence-electron chi connectivity index (χ2n) is 8.89. The number of nitrogens with one attached hydrogen (secondary N) is 2. The van der Waals surface area contributed by atoms with Crippen molar-refractivity contribution in [2.75, 3.05) is 32.9 Å². The first kappa shape index (κ1) is 22.6. The first-order chi connectivity index (χ1) is 15.6. The predicted octanol–water partition coefficient (Wildman–Crippen LogP) is 3.30. The quantitative estimate of drug-likeness (QED) is 0.436. The SMILES string of the molecule is CCNC(=NCc1ccc(C)cc1OCC1CCOC1)NCC1(O)CCc2ccccc21. The number of guanidine groups is 1. The van der Waals surface area contributed by atoms with Crippen molar-refractivity contribution in [3.8, 4) is 5.75 Å². The number of benzene rings is 2. The smallest absolute Gasteiger partial charge is 0.191 e. The summed E-state index contributed by atoms with van der Waals surface area (Å²) in [7, 11) is 0. The van der Waals surface area contributed by atoms with Crippen LogP contribution in [0.15, 0.2) is 47.5 Å². The molecule has 1 heterocycles. The van der Waals surface area contributed by atoms with Gasteiger partial charge in [0.25, 0.3) is 0 Å². The second kappa shape index (κ2) is 10.4. The Morgan fingerprint density at radius 1 is 1.25 bits per heavy atom. The molecule has 0 aromatic heterocycles. The van der Waals surface area contributed by atoms with Gasteiger partial charge in [-0.05, 0) is 55.9 Å². The maximum atomic E-state index is 11.2. The van der Waals surface area contributed by atoms with Crippen LogP contribution in [0.4, 0.5) is 0 Å². The van der Waals surface area contributed by atoms with Crippen LogP contribution in [-0.4, -0.2) is 44.0 Å². The summed E-state index contributed by atoms with van der Waals surface area (Å²) >= 11 is 0. The molecule has 0 amide bonds. The summed E-state index contributed by atoms with van der Waals surface area (Å²) in [5, 5.41) is 17.9. The molecule has 0 radical (unpaired) electrons. The lowest BCUT2D eigenvalue weighted by Crippen LogP contribution is -2.45. The molecule has 0 bridgehead atoms. The minimum absolute atomic E-state index is 0.425. The van der Waals surface area contributed by atoms with Crippen LogP contribution in [0.25, 0.3) is 0 Å². The maximum absolute atomic E-state index is 11.2. The van der Waals surface area contributed by atoms with Crippen molar-refractivity contribution in [2.24, 2.45) is 10.9 Å². The molecule has 2 unspecified atom stereocenters. The van der Waals surface area contributed by atoms with E-state index in [4.69, 9.17) is 14.5 Å². The largest absolute Gasteiger partial charge is 0.493 e. The first-order valence-corrected chi connectivity index (χ1v) is 11.7. The lowest BCUT2D eigenvalue weighted by Gasteiger charge is -2.25. The van der Waals surface area contributed by atoms with Crippen molar-refractivity contribution in [1.29, 1.82) is 0 Å². The Labute approximate surface area is 191 Å². The van der Waals surface area contributed by atoms with Crippen molar-refractivity contribution in [1.82, 2.24) is 10.6 Å². The third-order valence-electron chi connectivity index (χ3n) is 6.35. The molecule has 32 heavy (non-hydrogen) atoms. The van der Waals surface area contributed by atoms with Gasteiger partial charge in [-0.3, -0.25) is 0 Å². The Balaban J connectivity index is 1.42. The second-order valence-corrected chi connectivity index (χ2v) is 8.89. The molecule has 3 N–H and O–H groups in total. The number of hydrogen-bond donors (Lipinski definition) is 3. The predicted molar refractivity (Wildman–Crippen MR) is 127 cm³/mol. The molecule has 0 saturated carbocycles. The number of aliphatic hydroxyl groups is 1. The number of ether oxygens (including phenoxy) is 2. The molecule has 1 saturated heterocycles. The number of aliphatic imine (C=N–C) groups is 1. The molecule has 6 heteroatoms. The average molecular weight is 438 g/mol. The number of aryl methyl sites for hydroxylation is 2. The summed E-state index contributed by atoms with van der Waals surface area (Å²) in [6.07, 6.45) is 2.68. The van der Waals surface area contributed by atoms with Crippen LogP contribution in [0.2, 0.25) is 0 Å². The van der Waals surface area contributed by atoms with E-state index in [9.17, 15) is 5.11 Å². The van der Waals surface area contributed by atoms with E-state index in [0.717, 1.165) is 55.9 Å². The standard InChI is InChI=1S/C26H35N3O3/c1-3-27-25(29-18-26(30)12-10-21-6-4-5-7-23(21)26)28-15-22-9-8-19(2)14-24(22)32-17-20-11-13-31-16-20/h4-9,14,20,30H,3,10-13,15-18H2,1-2H3,(H2,27,28,29). The molecule has 4 rings (SSSR count). The van der Waals surface area contributed by atoms with Crippen LogP contribution >= 0.6 is 0 Å². The highest BCUT2D eigenvalue weighted by molar-refractivity contribution is 5.80. The Kier molecular flexibility index (Phi) is 7.33. The summed E-state index contributed by atoms with van der Waals surface area (Å²) in [5.41, 5.74) is 3.61. The lowest BCUT2D eigenvalue weighted by atomic mass is 9.96. The summed E-state index contributed by atoms with van der Waals surface area (Å²) in [4.78, 5) is 4.78. The number of hydrogen-bond acceptors (Lipinski definition) is 4. The molecule has 6 nitrogen and oxygen atoms in total. The molecule has 0 spiro atoms. The Morgan fingerprint density at radius 2 is 2.12 bits per heavy atom. The van der Waals surface area contributed by atoms with E-state index in [1.807, 2.05) is 25.1 Å². The van der Waals surface area contributed by atoms with E-state index in [-0.39, 0.29) is 0 Å². The van der Waals surface area contributed by atoms with Gasteiger partial charge >= 0.3 is 0 Å². The van der Waals surface area contributed by atoms with Crippen LogP contribution in [0, 0.1) is 12.8 Å². The van der Waals surface area contributed by atoms with E-state index >= 15 is 0 Å². The number of fused-ring (bicyclic) bond motifs is 1. The fourth-order valence-corrected chi connectivity index (χ4v) is 4.44. The topological polar surface area (TPSA) is 75.1 Å². The van der Waals surface area contributed by atoms with Gasteiger partial charge in [0.2, 0.25) is 0 Å². The van der Waals surface area contributed by atoms with E-state index in [1.165, 1.54) is 11.1 Å². The minimum Gasteiger partial charge on any atom is -0.493 e. The molecule has 2 aromatic carbocycles. The van der Waals surface area contributed by atoms with Gasteiger partial charge in [0.15, 0.2) is 5.96 Å². The molecule has 1 aliphatic carbocycles. The Morgan fingerprint density at radius 3 is 2.94 bits per heavy atom. The zero-order valence-electron chi connectivity index (χ0n) is 19.2. The van der Waals surface area contributed by atoms with Crippen LogP contribution < -0.4 is 15.4 Å². The summed E-state index contributed by atoms with van der Waals surface area (Å²) < 4.78 is 11.6. The maximum Gasteiger partial charge on any atom is 0.191 e. The van der Waals surface area contributed by atoms with Gasteiger partial charge in [0, 0.05) is 24.6 Å². The summed E-state index contributed by atoms with van der Waals surface area (Å²) in [5.74, 6) is 2.04. The highest BCUT2D eigenvalue weighted by Crippen LogP contribution is 2.36. The number of rotatable bonds is 8. The monoisotopic (exact) mass is 437 g/mol. The van der Waals surface area contributed by atoms with Crippen LogP contribution in [-0.2, 0) is 23.3 Å². The average Bonchev–Trinajstić information content (AvgIpc) is 3.44. The van der Waals surface area contributed by atoms with Gasteiger partial charge in [0.1, 0.15) is 11.4 Å². The minimum atomic E-state index is -0.867. The number of nitrogens with zero attached hydrogens (tertiary/aromatic N) is 1. The van der Waals surface area contributed by atoms with E-state index in [1.54, 1.807) is 0 Å². The van der Waals surface area contributed by atoms with Gasteiger partial charge in [-0.15, -0.1) is 0 Å². The van der Waals surface area contributed by atoms with Crippen LogP contribution in [0.3, 0.4) is 0 Å². The van der Waals surface area contributed by atoms with Gasteiger partial charge in [-0.2, -0.15) is 0 Å². The normalized spacial score (nSPS) is 22.6. The van der Waals surface area contributed by atoms with Crippen molar-refractivity contribution < 1.29 is 14.6 Å². The van der Waals surface area contributed by atoms with Gasteiger partial charge < -0.3 is 25.2 Å². The fraction of sp³-hybridized carbons (Fsp3) is 0.500. The molecular formula is C26H35N3O3. The Hall–Kier alpha value is -2.57. The van der Waals surface area contributed by atoms with E-state index in [2.05, 4.69) is 41.8 Å². The Bertz CT molecular complexity index is 940. The highest BCUT2D eigenvalue weighted by Gasteiger charge is 2.36. The molecule has 1 fully saturated rings.